The third kappa shape index (κ3) is 3.76. The number of para-hydroxylation sites is 1. The molecule has 1 saturated carbocycles. The molecule has 0 saturated heterocycles. The van der Waals surface area contributed by atoms with Gasteiger partial charge in [-0.2, -0.15) is 0 Å². The molecule has 0 spiro atoms. The van der Waals surface area contributed by atoms with Gasteiger partial charge < -0.3 is 15.6 Å². The lowest BCUT2D eigenvalue weighted by atomic mass is 9.81. The van der Waals surface area contributed by atoms with Crippen LogP contribution in [0.25, 0.3) is 0 Å². The van der Waals surface area contributed by atoms with E-state index in [0.717, 1.165) is 24.0 Å². The van der Waals surface area contributed by atoms with Crippen molar-refractivity contribution in [1.82, 2.24) is 0 Å². The van der Waals surface area contributed by atoms with Gasteiger partial charge in [-0.25, -0.2) is 0 Å². The van der Waals surface area contributed by atoms with Crippen LogP contribution < -0.4 is 5.73 Å². The van der Waals surface area contributed by atoms with E-state index in [0.29, 0.717) is 24.6 Å². The number of carboxylic acids is 1. The first kappa shape index (κ1) is 15.8. The zero-order valence-electron chi connectivity index (χ0n) is 12.7. The summed E-state index contributed by atoms with van der Waals surface area (Å²) in [7, 11) is 1.58. The van der Waals surface area contributed by atoms with E-state index in [2.05, 4.69) is 6.07 Å². The molecule has 1 fully saturated rings. The van der Waals surface area contributed by atoms with Crippen LogP contribution in [-0.2, 0) is 9.53 Å². The van der Waals surface area contributed by atoms with Gasteiger partial charge in [0.15, 0.2) is 0 Å². The molecular formula is C17H25NO3. The van der Waals surface area contributed by atoms with Crippen LogP contribution in [-0.4, -0.2) is 24.8 Å². The van der Waals surface area contributed by atoms with E-state index in [1.807, 2.05) is 12.1 Å². The summed E-state index contributed by atoms with van der Waals surface area (Å²) in [6.45, 7) is 0.421. The van der Waals surface area contributed by atoms with Crippen LogP contribution in [0.2, 0.25) is 0 Å². The number of methoxy groups -OCH3 is 1. The molecule has 116 valence electrons. The number of nitrogens with two attached hydrogens (primary N) is 1. The third-order valence-electron chi connectivity index (χ3n) is 4.50. The van der Waals surface area contributed by atoms with E-state index in [9.17, 15) is 9.90 Å². The van der Waals surface area contributed by atoms with E-state index in [-0.39, 0.29) is 0 Å². The number of aliphatic carboxylic acids is 1. The second kappa shape index (κ2) is 7.46. The summed E-state index contributed by atoms with van der Waals surface area (Å²) in [5, 5.41) is 9.47. The first-order valence-electron chi connectivity index (χ1n) is 7.75. The Morgan fingerprint density at radius 2 is 2.10 bits per heavy atom. The summed E-state index contributed by atoms with van der Waals surface area (Å²) in [5.74, 6) is -0.941. The Bertz CT molecular complexity index is 481. The van der Waals surface area contributed by atoms with Crippen molar-refractivity contribution >= 4 is 11.7 Å². The number of hydrogen-bond acceptors (Lipinski definition) is 3. The van der Waals surface area contributed by atoms with E-state index >= 15 is 0 Å². The molecule has 0 bridgehead atoms. The molecule has 0 amide bonds. The topological polar surface area (TPSA) is 72.5 Å². The van der Waals surface area contributed by atoms with Crippen molar-refractivity contribution < 1.29 is 14.6 Å². The number of benzene rings is 1. The average Bonchev–Trinajstić information content (AvgIpc) is 2.49. The van der Waals surface area contributed by atoms with Gasteiger partial charge in [-0.3, -0.25) is 4.79 Å². The zero-order chi connectivity index (χ0) is 15.2. The smallest absolute Gasteiger partial charge is 0.311 e. The van der Waals surface area contributed by atoms with Gasteiger partial charge in [-0.15, -0.1) is 0 Å². The molecule has 1 unspecified atom stereocenters. The van der Waals surface area contributed by atoms with Crippen molar-refractivity contribution in [2.45, 2.75) is 50.4 Å². The predicted molar refractivity (Wildman–Crippen MR) is 83.6 cm³/mol. The van der Waals surface area contributed by atoms with Crippen LogP contribution in [0.3, 0.4) is 0 Å². The van der Waals surface area contributed by atoms with Crippen LogP contribution >= 0.6 is 0 Å². The Kier molecular flexibility index (Phi) is 5.62. The summed E-state index contributed by atoms with van der Waals surface area (Å²) in [4.78, 5) is 11.5. The van der Waals surface area contributed by atoms with Crippen LogP contribution in [0.5, 0.6) is 0 Å². The fourth-order valence-corrected chi connectivity index (χ4v) is 3.32. The highest BCUT2D eigenvalue weighted by molar-refractivity contribution is 5.79. The molecule has 1 aliphatic carbocycles. The first-order chi connectivity index (χ1) is 10.1. The first-order valence-corrected chi connectivity index (χ1v) is 7.75. The monoisotopic (exact) mass is 291 g/mol. The van der Waals surface area contributed by atoms with Gasteiger partial charge in [0.2, 0.25) is 0 Å². The summed E-state index contributed by atoms with van der Waals surface area (Å²) in [6.07, 6.45) is 6.53. The highest BCUT2D eigenvalue weighted by Crippen LogP contribution is 2.38. The molecule has 0 aliphatic heterocycles. The number of ether oxygens (including phenoxy) is 1. The highest BCUT2D eigenvalue weighted by Gasteiger charge is 2.25. The third-order valence-corrected chi connectivity index (χ3v) is 4.50. The molecule has 2 rings (SSSR count). The lowest BCUT2D eigenvalue weighted by Crippen LogP contribution is -2.17. The molecule has 4 nitrogen and oxygen atoms in total. The Morgan fingerprint density at radius 1 is 1.38 bits per heavy atom. The molecule has 1 aromatic rings. The maximum absolute atomic E-state index is 11.5. The minimum absolute atomic E-state index is 0.421. The van der Waals surface area contributed by atoms with Gasteiger partial charge in [0.25, 0.3) is 0 Å². The van der Waals surface area contributed by atoms with Gasteiger partial charge in [0.1, 0.15) is 0 Å². The molecule has 0 heterocycles. The van der Waals surface area contributed by atoms with Gasteiger partial charge in [0.05, 0.1) is 5.92 Å². The molecule has 3 N–H and O–H groups in total. The van der Waals surface area contributed by atoms with E-state index in [4.69, 9.17) is 10.5 Å². The van der Waals surface area contributed by atoms with Crippen molar-refractivity contribution in [2.24, 2.45) is 0 Å². The van der Waals surface area contributed by atoms with Crippen molar-refractivity contribution in [3.05, 3.63) is 29.3 Å². The molecule has 1 atom stereocenters. The standard InChI is InChI=1S/C17H25NO3/c1-21-11-10-15(17(19)20)14-9-5-8-13(16(14)18)12-6-3-2-4-7-12/h5,8-9,12,15H,2-4,6-7,10-11,18H2,1H3,(H,19,20). The summed E-state index contributed by atoms with van der Waals surface area (Å²) < 4.78 is 5.03. The maximum atomic E-state index is 11.5. The molecule has 0 radical (unpaired) electrons. The van der Waals surface area contributed by atoms with Crippen LogP contribution in [0.1, 0.15) is 61.5 Å². The maximum Gasteiger partial charge on any atom is 0.311 e. The molecular weight excluding hydrogens is 266 g/mol. The van der Waals surface area contributed by atoms with Crippen LogP contribution in [0, 0.1) is 0 Å². The lowest BCUT2D eigenvalue weighted by molar-refractivity contribution is -0.139. The second-order valence-electron chi connectivity index (χ2n) is 5.86. The van der Waals surface area contributed by atoms with E-state index in [1.165, 1.54) is 19.3 Å². The largest absolute Gasteiger partial charge is 0.481 e. The fraction of sp³-hybridized carbons (Fsp3) is 0.588. The zero-order valence-corrected chi connectivity index (χ0v) is 12.7. The number of carbonyl (C=O) groups is 1. The van der Waals surface area contributed by atoms with Crippen LogP contribution in [0.4, 0.5) is 5.69 Å². The second-order valence-corrected chi connectivity index (χ2v) is 5.86. The van der Waals surface area contributed by atoms with Crippen molar-refractivity contribution in [1.29, 1.82) is 0 Å². The highest BCUT2D eigenvalue weighted by atomic mass is 16.5. The molecule has 4 heteroatoms. The number of anilines is 1. The van der Waals surface area contributed by atoms with Gasteiger partial charge >= 0.3 is 5.97 Å². The lowest BCUT2D eigenvalue weighted by Gasteiger charge is -2.25. The van der Waals surface area contributed by atoms with Crippen LogP contribution in [0.15, 0.2) is 18.2 Å². The fourth-order valence-electron chi connectivity index (χ4n) is 3.32. The molecule has 0 aromatic heterocycles. The Hall–Kier alpha value is -1.55. The Labute approximate surface area is 126 Å². The van der Waals surface area contributed by atoms with Crippen molar-refractivity contribution in [3.63, 3.8) is 0 Å². The van der Waals surface area contributed by atoms with Gasteiger partial charge in [0, 0.05) is 19.4 Å². The number of rotatable bonds is 6. The van der Waals surface area contributed by atoms with Gasteiger partial charge in [-0.1, -0.05) is 37.5 Å². The summed E-state index contributed by atoms with van der Waals surface area (Å²) >= 11 is 0. The molecule has 1 aromatic carbocycles. The molecule has 21 heavy (non-hydrogen) atoms. The minimum Gasteiger partial charge on any atom is -0.481 e. The average molecular weight is 291 g/mol. The number of nitrogen functional groups attached to an aromatic ring is 1. The van der Waals surface area contributed by atoms with Crippen molar-refractivity contribution in [2.75, 3.05) is 19.5 Å². The number of hydrogen-bond donors (Lipinski definition) is 2. The van der Waals surface area contributed by atoms with E-state index in [1.54, 1.807) is 7.11 Å². The van der Waals surface area contributed by atoms with E-state index < -0.39 is 11.9 Å². The quantitative estimate of drug-likeness (QED) is 0.787. The predicted octanol–water partition coefficient (Wildman–Crippen LogP) is 3.52. The molecule has 1 aliphatic rings. The van der Waals surface area contributed by atoms with Crippen molar-refractivity contribution in [3.8, 4) is 0 Å². The normalized spacial score (nSPS) is 17.6. The summed E-state index contributed by atoms with van der Waals surface area (Å²) in [6, 6.07) is 5.85. The Balaban J connectivity index is 2.28. The summed E-state index contributed by atoms with van der Waals surface area (Å²) in [5.41, 5.74) is 8.87. The number of carboxylic acid groups (broad SMARTS) is 1. The Morgan fingerprint density at radius 3 is 2.71 bits per heavy atom. The minimum atomic E-state index is -0.834. The van der Waals surface area contributed by atoms with Gasteiger partial charge in [-0.05, 0) is 36.3 Å². The SMILES string of the molecule is COCCC(C(=O)O)c1cccc(C2CCCCC2)c1N.